The summed E-state index contributed by atoms with van der Waals surface area (Å²) in [7, 11) is 2.57. The van der Waals surface area contributed by atoms with Crippen molar-refractivity contribution in [2.75, 3.05) is 38.3 Å². The van der Waals surface area contributed by atoms with Crippen molar-refractivity contribution in [3.8, 4) is 0 Å². The van der Waals surface area contributed by atoms with Gasteiger partial charge in [-0.05, 0) is 72.4 Å². The van der Waals surface area contributed by atoms with E-state index in [2.05, 4.69) is 67.1 Å². The van der Waals surface area contributed by atoms with E-state index in [-0.39, 0.29) is 24.0 Å². The Balaban J connectivity index is 0.996. The largest absolute Gasteiger partial charge is 0.453 e. The fourth-order valence-corrected chi connectivity index (χ4v) is 8.61. The molecule has 0 radical (unpaired) electrons. The van der Waals surface area contributed by atoms with Crippen molar-refractivity contribution in [3.63, 3.8) is 0 Å². The molecule has 1 fully saturated rings. The number of aryl methyl sites for hydroxylation is 1. The van der Waals surface area contributed by atoms with E-state index in [0.717, 1.165) is 65.9 Å². The number of carbonyl (C=O) groups excluding carboxylic acids is 4. The van der Waals surface area contributed by atoms with Gasteiger partial charge in [0.15, 0.2) is 0 Å². The maximum Gasteiger partial charge on any atom is 0.407 e. The molecule has 1 saturated heterocycles. The van der Waals surface area contributed by atoms with Crippen LogP contribution in [0.25, 0.3) is 6.08 Å². The molecule has 0 saturated carbocycles. The molecule has 0 bridgehead atoms. The van der Waals surface area contributed by atoms with Crippen LogP contribution in [0.5, 0.6) is 0 Å². The minimum absolute atomic E-state index is 0.191. The summed E-state index contributed by atoms with van der Waals surface area (Å²) in [6.07, 6.45) is 12.1. The number of benzene rings is 2. The van der Waals surface area contributed by atoms with E-state index >= 15 is 0 Å². The highest BCUT2D eigenvalue weighted by Crippen LogP contribution is 2.37. The van der Waals surface area contributed by atoms with Crippen LogP contribution >= 0.6 is 22.6 Å². The normalized spacial score (nSPS) is 19.5. The number of fused-ring (bicyclic) bond motifs is 1. The van der Waals surface area contributed by atoms with E-state index in [1.54, 1.807) is 4.90 Å². The molecule has 3 heterocycles. The molecule has 4 aliphatic rings. The lowest BCUT2D eigenvalue weighted by Crippen LogP contribution is -2.50. The van der Waals surface area contributed by atoms with Crippen LogP contribution < -0.4 is 21.3 Å². The number of H-pyrrole nitrogens is 1. The molecule has 2 aromatic carbocycles. The van der Waals surface area contributed by atoms with E-state index in [1.165, 1.54) is 30.9 Å². The maximum atomic E-state index is 14.0. The van der Waals surface area contributed by atoms with Gasteiger partial charge in [-0.15, -0.1) is 0 Å². The third kappa shape index (κ3) is 9.24. The van der Waals surface area contributed by atoms with Gasteiger partial charge in [0.1, 0.15) is 24.1 Å². The van der Waals surface area contributed by atoms with E-state index < -0.39 is 24.3 Å². The van der Waals surface area contributed by atoms with Crippen molar-refractivity contribution in [2.24, 2.45) is 0 Å². The number of nitrogens with one attached hydrogen (secondary N) is 5. The second-order valence-corrected chi connectivity index (χ2v) is 15.7. The summed E-state index contributed by atoms with van der Waals surface area (Å²) >= 11 is 2.26. The number of aromatic amines is 1. The van der Waals surface area contributed by atoms with Gasteiger partial charge >= 0.3 is 12.2 Å². The Labute approximate surface area is 351 Å². The van der Waals surface area contributed by atoms with E-state index in [9.17, 15) is 19.2 Å². The number of amides is 4. The zero-order chi connectivity index (χ0) is 40.6. The molecule has 304 valence electrons. The average Bonchev–Trinajstić information content (AvgIpc) is 4.05. The molecule has 4 atom stereocenters. The number of aromatic nitrogens is 2. The zero-order valence-corrected chi connectivity index (χ0v) is 34.8. The van der Waals surface area contributed by atoms with Gasteiger partial charge in [-0.3, -0.25) is 9.59 Å². The van der Waals surface area contributed by atoms with Gasteiger partial charge in [-0.25, -0.2) is 14.6 Å². The van der Waals surface area contributed by atoms with Gasteiger partial charge < -0.3 is 45.5 Å². The predicted octanol–water partition coefficient (Wildman–Crippen LogP) is 5.87. The lowest BCUT2D eigenvalue weighted by Gasteiger charge is -2.30. The average molecular weight is 901 g/mol. The number of methoxy groups -OCH3 is 2. The third-order valence-electron chi connectivity index (χ3n) is 11.0. The second kappa shape index (κ2) is 18.8. The van der Waals surface area contributed by atoms with Crippen LogP contribution in [0.15, 0.2) is 101 Å². The van der Waals surface area contributed by atoms with Crippen LogP contribution in [0.2, 0.25) is 0 Å². The molecule has 3 aromatic rings. The molecular formula is C43H49IN8O6. The number of rotatable bonds is 13. The van der Waals surface area contributed by atoms with Gasteiger partial charge in [0.05, 0.1) is 43.9 Å². The van der Waals surface area contributed by atoms with Gasteiger partial charge in [-0.2, -0.15) is 0 Å². The molecule has 5 N–H and O–H groups in total. The standard InChI is InChI=1S/C43H49IN8O6/c1-57-42(55)49-37(29-10-5-3-6-11-29)40(53)51(23-21-44)26-36-45-25-34(46-36)28-17-15-27(16-18-28)31-19-20-32-33(24-31)48-39(47-32)35-14-9-22-52(35)41(54)38(50-43(56)58-2)30-12-7-4-8-13-30/h3-8,10-13,15,17,24-25,35-38,45-46H,9,14,16,18-23,26H2,1-2H3,(H,47,48)(H,49,55)(H,50,56)/t35-,36?,37-,38+/m0/s1. The third-order valence-corrected chi connectivity index (χ3v) is 11.5. The van der Waals surface area contributed by atoms with Crippen LogP contribution in [-0.2, 0) is 25.5 Å². The highest BCUT2D eigenvalue weighted by atomic mass is 127. The van der Waals surface area contributed by atoms with E-state index in [4.69, 9.17) is 14.5 Å². The highest BCUT2D eigenvalue weighted by Gasteiger charge is 2.38. The molecule has 1 unspecified atom stereocenters. The minimum Gasteiger partial charge on any atom is -0.453 e. The maximum absolute atomic E-state index is 14.0. The molecule has 1 aromatic heterocycles. The Morgan fingerprint density at radius 3 is 2.17 bits per heavy atom. The summed E-state index contributed by atoms with van der Waals surface area (Å²) in [6.45, 7) is 1.49. The molecule has 15 heteroatoms. The number of alkyl carbamates (subject to hydrolysis) is 2. The van der Waals surface area contributed by atoms with Crippen LogP contribution in [0.4, 0.5) is 9.59 Å². The Morgan fingerprint density at radius 2 is 1.52 bits per heavy atom. The molecule has 7 rings (SSSR count). The summed E-state index contributed by atoms with van der Waals surface area (Å²) in [5, 5.41) is 12.4. The summed E-state index contributed by atoms with van der Waals surface area (Å²) in [6, 6.07) is 16.5. The molecule has 58 heavy (non-hydrogen) atoms. The van der Waals surface area contributed by atoms with E-state index in [0.29, 0.717) is 30.8 Å². The summed E-state index contributed by atoms with van der Waals surface area (Å²) in [5.74, 6) is 0.374. The van der Waals surface area contributed by atoms with Crippen molar-refractivity contribution in [2.45, 2.75) is 62.8 Å². The number of nitrogens with zero attached hydrogens (tertiary/aromatic N) is 3. The first-order valence-electron chi connectivity index (χ1n) is 19.6. The minimum atomic E-state index is -0.871. The Bertz CT molecular complexity index is 2120. The number of hydrogen-bond donors (Lipinski definition) is 5. The molecule has 14 nitrogen and oxygen atoms in total. The number of alkyl halides is 1. The summed E-state index contributed by atoms with van der Waals surface area (Å²) in [4.78, 5) is 64.5. The molecule has 0 spiro atoms. The van der Waals surface area contributed by atoms with Crippen LogP contribution in [0.1, 0.15) is 78.6 Å². The number of ether oxygens (including phenoxy) is 2. The Morgan fingerprint density at radius 1 is 0.879 bits per heavy atom. The van der Waals surface area contributed by atoms with Gasteiger partial charge in [-0.1, -0.05) is 95.4 Å². The molecular weight excluding hydrogens is 851 g/mol. The lowest BCUT2D eigenvalue weighted by atomic mass is 9.87. The fourth-order valence-electron chi connectivity index (χ4n) is 8.03. The number of likely N-dealkylation sites (tertiary alicyclic amines) is 1. The SMILES string of the molecule is COC(=O)N[C@H](C(=O)N(CCI)CC1NC=C(C2=CC=C(C3=Cc4[nH]c([C@@H]5CCCN5C(=O)[C@H](NC(=O)OC)c5ccccc5)nc4CC3)CC2)N1)c1ccccc1. The monoisotopic (exact) mass is 900 g/mol. The first-order valence-corrected chi connectivity index (χ1v) is 21.2. The van der Waals surface area contributed by atoms with Crippen LogP contribution in [0.3, 0.4) is 0 Å². The van der Waals surface area contributed by atoms with Crippen LogP contribution in [0, 0.1) is 0 Å². The number of halogens is 1. The van der Waals surface area contributed by atoms with Gasteiger partial charge in [0.25, 0.3) is 5.91 Å². The molecule has 2 aliphatic heterocycles. The Hall–Kier alpha value is -5.58. The Kier molecular flexibility index (Phi) is 13.2. The quantitative estimate of drug-likeness (QED) is 0.104. The second-order valence-electron chi connectivity index (χ2n) is 14.6. The van der Waals surface area contributed by atoms with Gasteiger partial charge in [0.2, 0.25) is 5.91 Å². The molecule has 2 aliphatic carbocycles. The predicted molar refractivity (Wildman–Crippen MR) is 227 cm³/mol. The topological polar surface area (TPSA) is 170 Å². The fraction of sp³-hybridized carbons (Fsp3) is 0.372. The zero-order valence-electron chi connectivity index (χ0n) is 32.6. The first-order chi connectivity index (χ1) is 28.3. The van der Waals surface area contributed by atoms with Crippen molar-refractivity contribution in [1.29, 1.82) is 0 Å². The van der Waals surface area contributed by atoms with Gasteiger partial charge in [0, 0.05) is 23.7 Å². The van der Waals surface area contributed by atoms with Crippen molar-refractivity contribution >= 4 is 52.7 Å². The van der Waals surface area contributed by atoms with Crippen LogP contribution in [-0.4, -0.2) is 88.2 Å². The summed E-state index contributed by atoms with van der Waals surface area (Å²) in [5.41, 5.74) is 8.10. The molecule has 4 amide bonds. The van der Waals surface area contributed by atoms with Crippen molar-refractivity contribution in [3.05, 3.63) is 130 Å². The smallest absolute Gasteiger partial charge is 0.407 e. The number of carbonyl (C=O) groups is 4. The highest BCUT2D eigenvalue weighted by molar-refractivity contribution is 14.1. The first kappa shape index (κ1) is 40.6. The number of hydrogen-bond acceptors (Lipinski definition) is 9. The summed E-state index contributed by atoms with van der Waals surface area (Å²) < 4.78 is 10.4. The van der Waals surface area contributed by atoms with E-state index in [1.807, 2.05) is 71.8 Å². The number of allylic oxidation sites excluding steroid dienone is 5. The lowest BCUT2D eigenvalue weighted by molar-refractivity contribution is -0.135. The number of imidazole rings is 1. The van der Waals surface area contributed by atoms with Crippen molar-refractivity contribution < 1.29 is 28.7 Å². The van der Waals surface area contributed by atoms with Crippen molar-refractivity contribution in [1.82, 2.24) is 41.0 Å².